The Kier molecular flexibility index (Phi) is 9.00. The Balaban J connectivity index is 1.79. The summed E-state index contributed by atoms with van der Waals surface area (Å²) < 4.78 is 48.5. The second-order valence-electron chi connectivity index (χ2n) is 7.17. The summed E-state index contributed by atoms with van der Waals surface area (Å²) in [5, 5.41) is 13.2. The van der Waals surface area contributed by atoms with Crippen LogP contribution in [-0.4, -0.2) is 62.1 Å². The van der Waals surface area contributed by atoms with Crippen LogP contribution < -0.4 is 16.6 Å². The van der Waals surface area contributed by atoms with Crippen LogP contribution >= 0.6 is 15.6 Å². The van der Waals surface area contributed by atoms with E-state index in [-0.39, 0.29) is 6.61 Å². The largest absolute Gasteiger partial charge is 0.481 e. The van der Waals surface area contributed by atoms with Gasteiger partial charge in [0.15, 0.2) is 12.3 Å². The molecule has 1 aromatic carbocycles. The van der Waals surface area contributed by atoms with Crippen LogP contribution in [0.15, 0.2) is 52.2 Å². The number of hydrogen-bond donors (Lipinski definition) is 5. The number of hydrogen-bond acceptors (Lipinski definition) is 11. The highest BCUT2D eigenvalue weighted by molar-refractivity contribution is 7.61. The maximum atomic E-state index is 12.4. The van der Waals surface area contributed by atoms with Gasteiger partial charge in [0.2, 0.25) is 0 Å². The number of benzene rings is 1. The van der Waals surface area contributed by atoms with E-state index in [4.69, 9.17) is 14.0 Å². The van der Waals surface area contributed by atoms with Crippen LogP contribution in [0.5, 0.6) is 0 Å². The molecule has 0 aliphatic carbocycles. The molecule has 36 heavy (non-hydrogen) atoms. The van der Waals surface area contributed by atoms with Gasteiger partial charge in [0.25, 0.3) is 5.56 Å². The molecule has 1 aliphatic rings. The molecule has 1 aliphatic heterocycles. The van der Waals surface area contributed by atoms with Crippen LogP contribution in [0.1, 0.15) is 13.2 Å². The van der Waals surface area contributed by atoms with Gasteiger partial charge in [-0.2, -0.15) is 4.31 Å². The molecule has 18 heteroatoms. The third-order valence-electron chi connectivity index (χ3n) is 4.60. The van der Waals surface area contributed by atoms with Crippen molar-refractivity contribution in [3.63, 3.8) is 0 Å². The number of rotatable bonds is 10. The smallest absolute Gasteiger partial charge is 0.440 e. The highest BCUT2D eigenvalue weighted by Crippen LogP contribution is 2.60. The quantitative estimate of drug-likeness (QED) is 0.257. The Morgan fingerprint density at radius 1 is 1.14 bits per heavy atom. The third-order valence-corrected chi connectivity index (χ3v) is 7.31. The number of aromatic amines is 1. The number of ether oxygens (including phenoxy) is 2. The Bertz CT molecular complexity index is 1270. The fourth-order valence-corrected chi connectivity index (χ4v) is 5.24. The van der Waals surface area contributed by atoms with Crippen molar-refractivity contribution in [2.75, 3.05) is 18.5 Å². The molecule has 6 atom stereocenters. The number of anilines is 1. The van der Waals surface area contributed by atoms with Crippen molar-refractivity contribution in [3.05, 3.63) is 63.4 Å². The van der Waals surface area contributed by atoms with E-state index in [1.54, 1.807) is 30.3 Å². The topological polar surface area (TPSA) is 225 Å². The van der Waals surface area contributed by atoms with Gasteiger partial charge in [0, 0.05) is 18.0 Å². The minimum atomic E-state index is -5.21. The monoisotopic (exact) mass is 551 g/mol. The van der Waals surface area contributed by atoms with E-state index in [2.05, 4.69) is 14.2 Å². The molecule has 0 saturated carbocycles. The van der Waals surface area contributed by atoms with E-state index in [0.717, 1.165) is 16.8 Å². The summed E-state index contributed by atoms with van der Waals surface area (Å²) in [6.45, 7) is 0.118. The molecule has 3 unspecified atom stereocenters. The Labute approximate surface area is 202 Å². The van der Waals surface area contributed by atoms with E-state index in [0.29, 0.717) is 5.69 Å². The lowest BCUT2D eigenvalue weighted by Crippen LogP contribution is -2.40. The van der Waals surface area contributed by atoms with Crippen molar-refractivity contribution in [1.29, 1.82) is 0 Å². The predicted molar refractivity (Wildman–Crippen MR) is 120 cm³/mol. The average molecular weight is 551 g/mol. The van der Waals surface area contributed by atoms with Crippen molar-refractivity contribution in [1.82, 2.24) is 9.55 Å². The van der Waals surface area contributed by atoms with Crippen molar-refractivity contribution >= 4 is 27.4 Å². The van der Waals surface area contributed by atoms with Gasteiger partial charge in [-0.3, -0.25) is 28.7 Å². The second-order valence-corrected chi connectivity index (χ2v) is 10.2. The van der Waals surface area contributed by atoms with Gasteiger partial charge in [0.1, 0.15) is 12.2 Å². The molecule has 3 rings (SSSR count). The SMILES string of the molecule is CCOP(=O)(O)OP(=O)(O)OC[C@H]1O[C@@H](n2ccc(=O)[nH]c2=O)[C@@H](O)C1OC(=O)Nc1ccccc1. The minimum Gasteiger partial charge on any atom is -0.440 e. The number of carbonyl (C=O) groups is 1. The first-order chi connectivity index (χ1) is 16.9. The number of amides is 1. The normalized spacial score (nSPS) is 25.0. The van der Waals surface area contributed by atoms with Gasteiger partial charge in [-0.05, 0) is 19.1 Å². The lowest BCUT2D eigenvalue weighted by molar-refractivity contribution is -0.0544. The predicted octanol–water partition coefficient (Wildman–Crippen LogP) is 0.683. The first-order valence-electron chi connectivity index (χ1n) is 10.2. The zero-order chi connectivity index (χ0) is 26.5. The summed E-state index contributed by atoms with van der Waals surface area (Å²) in [6, 6.07) is 9.06. The summed E-state index contributed by atoms with van der Waals surface area (Å²) in [5.41, 5.74) is -1.34. The summed E-state index contributed by atoms with van der Waals surface area (Å²) in [5.74, 6) is 0. The molecule has 1 saturated heterocycles. The Morgan fingerprint density at radius 2 is 1.81 bits per heavy atom. The molecule has 5 N–H and O–H groups in total. The molecule has 198 valence electrons. The van der Waals surface area contributed by atoms with E-state index < -0.39 is 64.1 Å². The molecular weight excluding hydrogens is 528 g/mol. The number of aromatic nitrogens is 2. The van der Waals surface area contributed by atoms with Gasteiger partial charge in [0.05, 0.1) is 13.2 Å². The molecule has 2 aromatic rings. The Morgan fingerprint density at radius 3 is 2.44 bits per heavy atom. The van der Waals surface area contributed by atoms with Crippen molar-refractivity contribution in [3.8, 4) is 0 Å². The number of para-hydroxylation sites is 1. The molecule has 0 bridgehead atoms. The number of nitrogens with zero attached hydrogens (tertiary/aromatic N) is 1. The molecule has 1 fully saturated rings. The summed E-state index contributed by atoms with van der Waals surface area (Å²) in [6.07, 6.45) is -6.35. The zero-order valence-electron chi connectivity index (χ0n) is 18.5. The average Bonchev–Trinajstić information content (AvgIpc) is 3.07. The van der Waals surface area contributed by atoms with Crippen LogP contribution in [0.25, 0.3) is 0 Å². The number of aliphatic hydroxyl groups excluding tert-OH is 1. The molecule has 16 nitrogen and oxygen atoms in total. The molecule has 2 heterocycles. The molecule has 0 spiro atoms. The van der Waals surface area contributed by atoms with Crippen LogP contribution in [0.4, 0.5) is 10.5 Å². The highest BCUT2D eigenvalue weighted by atomic mass is 31.3. The van der Waals surface area contributed by atoms with E-state index in [1.807, 2.05) is 4.98 Å². The number of nitrogens with one attached hydrogen (secondary N) is 2. The van der Waals surface area contributed by atoms with Crippen molar-refractivity contribution < 1.29 is 51.6 Å². The third kappa shape index (κ3) is 7.43. The maximum Gasteiger partial charge on any atom is 0.481 e. The maximum absolute atomic E-state index is 12.4. The molecule has 1 amide bonds. The second kappa shape index (κ2) is 11.6. The molecule has 0 radical (unpaired) electrons. The van der Waals surface area contributed by atoms with Gasteiger partial charge >= 0.3 is 27.4 Å². The standard InChI is InChI=1S/C18H23N3O13P2/c1-2-30-35(26,27)34-36(28,29)31-10-12-15(33-18(25)19-11-6-4-3-5-7-11)14(23)16(32-12)21-9-8-13(22)20-17(21)24/h3-9,12,14-16,23H,2,10H2,1H3,(H,19,25)(H,26,27)(H,28,29)(H,20,22,24)/t12-,14+,15?,16-/m1/s1. The number of H-pyrrole nitrogens is 1. The van der Waals surface area contributed by atoms with Gasteiger partial charge in [-0.25, -0.2) is 18.7 Å². The first-order valence-corrected chi connectivity index (χ1v) is 13.2. The zero-order valence-corrected chi connectivity index (χ0v) is 20.3. The van der Waals surface area contributed by atoms with E-state index in [9.17, 15) is 38.4 Å². The van der Waals surface area contributed by atoms with Crippen LogP contribution in [0.2, 0.25) is 0 Å². The van der Waals surface area contributed by atoms with Crippen LogP contribution in [0, 0.1) is 0 Å². The number of phosphoric acid groups is 2. The van der Waals surface area contributed by atoms with E-state index >= 15 is 0 Å². The van der Waals surface area contributed by atoms with Crippen LogP contribution in [-0.2, 0) is 32.0 Å². The number of carbonyl (C=O) groups excluding carboxylic acids is 1. The first kappa shape index (κ1) is 27.9. The number of aliphatic hydroxyl groups is 1. The lowest BCUT2D eigenvalue weighted by Gasteiger charge is -2.22. The summed E-state index contributed by atoms with van der Waals surface area (Å²) in [4.78, 5) is 57.1. The number of phosphoric ester groups is 2. The van der Waals surface area contributed by atoms with Gasteiger partial charge in [-0.15, -0.1) is 0 Å². The van der Waals surface area contributed by atoms with Crippen LogP contribution in [0.3, 0.4) is 0 Å². The van der Waals surface area contributed by atoms with Crippen molar-refractivity contribution in [2.24, 2.45) is 0 Å². The Hall–Kier alpha value is -2.65. The summed E-state index contributed by atoms with van der Waals surface area (Å²) in [7, 11) is -10.1. The van der Waals surface area contributed by atoms with Gasteiger partial charge in [-0.1, -0.05) is 18.2 Å². The van der Waals surface area contributed by atoms with E-state index in [1.165, 1.54) is 6.92 Å². The van der Waals surface area contributed by atoms with Gasteiger partial charge < -0.3 is 24.4 Å². The highest BCUT2D eigenvalue weighted by Gasteiger charge is 2.49. The lowest BCUT2D eigenvalue weighted by atomic mass is 10.1. The minimum absolute atomic E-state index is 0.312. The summed E-state index contributed by atoms with van der Waals surface area (Å²) >= 11 is 0. The van der Waals surface area contributed by atoms with Crippen molar-refractivity contribution in [2.45, 2.75) is 31.5 Å². The fraction of sp³-hybridized carbons (Fsp3) is 0.389. The molecule has 1 aromatic heterocycles. The fourth-order valence-electron chi connectivity index (χ4n) is 3.16. The molecular formula is C18H23N3O13P2.